The number of benzene rings is 1. The number of anilines is 1. The number of rotatable bonds is 5. The van der Waals surface area contributed by atoms with Gasteiger partial charge in [-0.15, -0.1) is 0 Å². The van der Waals surface area contributed by atoms with Gasteiger partial charge in [0, 0.05) is 28.9 Å². The molecule has 0 aromatic heterocycles. The Bertz CT molecular complexity index is 587. The molecule has 2 amide bonds. The standard InChI is InChI=1S/C14H20N2O4S/c1-8-5-9(2)12(11(6-8)13(17)18)16-14(19)15-10(3)7-21(4)20/h5-6,10H,7H2,1-4H3,(H,17,18)(H2,15,16,19). The molecule has 0 heterocycles. The smallest absolute Gasteiger partial charge is 0.337 e. The van der Waals surface area contributed by atoms with Crippen molar-refractivity contribution in [3.8, 4) is 0 Å². The van der Waals surface area contributed by atoms with Crippen LogP contribution in [0.5, 0.6) is 0 Å². The van der Waals surface area contributed by atoms with Gasteiger partial charge in [-0.25, -0.2) is 9.59 Å². The van der Waals surface area contributed by atoms with E-state index in [4.69, 9.17) is 0 Å². The molecule has 1 aromatic carbocycles. The maximum absolute atomic E-state index is 11.9. The molecule has 116 valence electrons. The molecular formula is C14H20N2O4S. The molecule has 1 rings (SSSR count). The van der Waals surface area contributed by atoms with E-state index < -0.39 is 22.8 Å². The summed E-state index contributed by atoms with van der Waals surface area (Å²) in [6.45, 7) is 5.27. The van der Waals surface area contributed by atoms with Crippen molar-refractivity contribution in [3.05, 3.63) is 28.8 Å². The van der Waals surface area contributed by atoms with Crippen LogP contribution in [-0.4, -0.2) is 39.4 Å². The molecule has 0 saturated carbocycles. The molecule has 0 spiro atoms. The van der Waals surface area contributed by atoms with Crippen LogP contribution in [0.25, 0.3) is 0 Å². The van der Waals surface area contributed by atoms with Crippen molar-refractivity contribution < 1.29 is 18.9 Å². The Balaban J connectivity index is 2.90. The van der Waals surface area contributed by atoms with Crippen LogP contribution in [0.15, 0.2) is 12.1 Å². The van der Waals surface area contributed by atoms with E-state index in [1.807, 2.05) is 0 Å². The molecule has 1 aromatic rings. The molecule has 0 bridgehead atoms. The fourth-order valence-corrected chi connectivity index (χ4v) is 2.86. The molecule has 0 aliphatic rings. The number of aromatic carboxylic acids is 1. The van der Waals surface area contributed by atoms with Crippen LogP contribution >= 0.6 is 0 Å². The van der Waals surface area contributed by atoms with Gasteiger partial charge in [0.05, 0.1) is 11.3 Å². The summed E-state index contributed by atoms with van der Waals surface area (Å²) >= 11 is 0. The maximum Gasteiger partial charge on any atom is 0.337 e. The number of hydrogen-bond acceptors (Lipinski definition) is 3. The fourth-order valence-electron chi connectivity index (χ4n) is 2.07. The maximum atomic E-state index is 11.9. The van der Waals surface area contributed by atoms with E-state index in [0.717, 1.165) is 5.56 Å². The number of hydrogen-bond donors (Lipinski definition) is 3. The summed E-state index contributed by atoms with van der Waals surface area (Å²) in [7, 11) is -1.01. The Labute approximate surface area is 126 Å². The number of carboxylic acids is 1. The first-order chi connectivity index (χ1) is 9.70. The van der Waals surface area contributed by atoms with E-state index in [1.54, 1.807) is 33.1 Å². The first-order valence-corrected chi connectivity index (χ1v) is 8.15. The van der Waals surface area contributed by atoms with Gasteiger partial charge in [0.2, 0.25) is 0 Å². The van der Waals surface area contributed by atoms with Gasteiger partial charge in [-0.05, 0) is 38.0 Å². The molecule has 2 unspecified atom stereocenters. The topological polar surface area (TPSA) is 95.5 Å². The summed E-state index contributed by atoms with van der Waals surface area (Å²) in [5, 5.41) is 14.4. The van der Waals surface area contributed by atoms with Crippen LogP contribution < -0.4 is 10.6 Å². The van der Waals surface area contributed by atoms with Crippen molar-refractivity contribution in [2.75, 3.05) is 17.3 Å². The summed E-state index contributed by atoms with van der Waals surface area (Å²) in [6, 6.07) is 2.53. The number of amides is 2. The highest BCUT2D eigenvalue weighted by Crippen LogP contribution is 2.22. The second-order valence-electron chi connectivity index (χ2n) is 5.05. The van der Waals surface area contributed by atoms with Crippen LogP contribution in [-0.2, 0) is 10.8 Å². The molecule has 0 aliphatic carbocycles. The highest BCUT2D eigenvalue weighted by molar-refractivity contribution is 7.84. The van der Waals surface area contributed by atoms with E-state index in [1.165, 1.54) is 6.07 Å². The predicted octanol–water partition coefficient (Wildman–Crippen LogP) is 1.89. The molecular weight excluding hydrogens is 292 g/mol. The summed E-state index contributed by atoms with van der Waals surface area (Å²) in [5.74, 6) is -0.758. The summed E-state index contributed by atoms with van der Waals surface area (Å²) < 4.78 is 11.1. The van der Waals surface area contributed by atoms with Crippen molar-refractivity contribution in [2.24, 2.45) is 0 Å². The minimum Gasteiger partial charge on any atom is -0.478 e. The average Bonchev–Trinajstić information content (AvgIpc) is 2.30. The third-order valence-electron chi connectivity index (χ3n) is 2.81. The highest BCUT2D eigenvalue weighted by Gasteiger charge is 2.16. The van der Waals surface area contributed by atoms with Crippen LogP contribution in [0.1, 0.15) is 28.4 Å². The second-order valence-corrected chi connectivity index (χ2v) is 6.53. The zero-order valence-corrected chi connectivity index (χ0v) is 13.3. The molecule has 7 heteroatoms. The normalized spacial score (nSPS) is 13.3. The minimum atomic E-state index is -1.10. The quantitative estimate of drug-likeness (QED) is 0.773. The van der Waals surface area contributed by atoms with Gasteiger partial charge in [-0.3, -0.25) is 4.21 Å². The Morgan fingerprint density at radius 1 is 1.33 bits per heavy atom. The Morgan fingerprint density at radius 2 is 1.95 bits per heavy atom. The van der Waals surface area contributed by atoms with Crippen LogP contribution in [0.3, 0.4) is 0 Å². The summed E-state index contributed by atoms with van der Waals surface area (Å²) in [4.78, 5) is 23.2. The van der Waals surface area contributed by atoms with E-state index in [2.05, 4.69) is 10.6 Å². The fraction of sp³-hybridized carbons (Fsp3) is 0.429. The number of nitrogens with one attached hydrogen (secondary N) is 2. The van der Waals surface area contributed by atoms with E-state index in [0.29, 0.717) is 11.3 Å². The third-order valence-corrected chi connectivity index (χ3v) is 3.78. The monoisotopic (exact) mass is 312 g/mol. The zero-order chi connectivity index (χ0) is 16.2. The lowest BCUT2D eigenvalue weighted by Gasteiger charge is -2.16. The van der Waals surface area contributed by atoms with Crippen LogP contribution in [0.2, 0.25) is 0 Å². The van der Waals surface area contributed by atoms with E-state index in [9.17, 15) is 18.9 Å². The summed E-state index contributed by atoms with van der Waals surface area (Å²) in [6.07, 6.45) is 1.56. The van der Waals surface area contributed by atoms with E-state index in [-0.39, 0.29) is 17.3 Å². The first kappa shape index (κ1) is 17.2. The van der Waals surface area contributed by atoms with Crippen molar-refractivity contribution >= 4 is 28.5 Å². The highest BCUT2D eigenvalue weighted by atomic mass is 32.2. The number of urea groups is 1. The molecule has 0 aliphatic heterocycles. The molecule has 0 fully saturated rings. The Kier molecular flexibility index (Phi) is 5.90. The van der Waals surface area contributed by atoms with Gasteiger partial charge >= 0.3 is 12.0 Å². The van der Waals surface area contributed by atoms with Gasteiger partial charge in [0.15, 0.2) is 0 Å². The lowest BCUT2D eigenvalue weighted by molar-refractivity contribution is 0.0698. The third kappa shape index (κ3) is 5.18. The lowest BCUT2D eigenvalue weighted by Crippen LogP contribution is -2.39. The van der Waals surface area contributed by atoms with Crippen molar-refractivity contribution in [2.45, 2.75) is 26.8 Å². The molecule has 21 heavy (non-hydrogen) atoms. The van der Waals surface area contributed by atoms with Gasteiger partial charge in [0.1, 0.15) is 0 Å². The molecule has 6 nitrogen and oxygen atoms in total. The van der Waals surface area contributed by atoms with E-state index >= 15 is 0 Å². The van der Waals surface area contributed by atoms with Gasteiger partial charge in [-0.1, -0.05) is 6.07 Å². The number of carboxylic acid groups (broad SMARTS) is 1. The average molecular weight is 312 g/mol. The van der Waals surface area contributed by atoms with Crippen molar-refractivity contribution in [1.29, 1.82) is 0 Å². The Hall–Kier alpha value is -1.89. The van der Waals surface area contributed by atoms with Gasteiger partial charge < -0.3 is 15.7 Å². The summed E-state index contributed by atoms with van der Waals surface area (Å²) in [5.41, 5.74) is 1.81. The van der Waals surface area contributed by atoms with Crippen LogP contribution in [0.4, 0.5) is 10.5 Å². The first-order valence-electron chi connectivity index (χ1n) is 6.42. The Morgan fingerprint density at radius 3 is 2.48 bits per heavy atom. The van der Waals surface area contributed by atoms with Crippen molar-refractivity contribution in [1.82, 2.24) is 5.32 Å². The second kappa shape index (κ2) is 7.21. The zero-order valence-electron chi connectivity index (χ0n) is 12.5. The molecule has 0 radical (unpaired) electrons. The van der Waals surface area contributed by atoms with Gasteiger partial charge in [0.25, 0.3) is 0 Å². The number of carbonyl (C=O) groups is 2. The molecule has 0 saturated heterocycles. The van der Waals surface area contributed by atoms with Gasteiger partial charge in [-0.2, -0.15) is 0 Å². The largest absolute Gasteiger partial charge is 0.478 e. The van der Waals surface area contributed by atoms with Crippen LogP contribution in [0, 0.1) is 13.8 Å². The number of carbonyl (C=O) groups excluding carboxylic acids is 1. The number of aryl methyl sites for hydroxylation is 2. The SMILES string of the molecule is Cc1cc(C)c(NC(=O)NC(C)CS(C)=O)c(C(=O)O)c1. The molecule has 3 N–H and O–H groups in total. The minimum absolute atomic E-state index is 0.0503. The lowest BCUT2D eigenvalue weighted by atomic mass is 10.0. The molecule has 2 atom stereocenters. The predicted molar refractivity (Wildman–Crippen MR) is 83.4 cm³/mol. The van der Waals surface area contributed by atoms with Crippen molar-refractivity contribution in [3.63, 3.8) is 0 Å².